The number of nitrogens with zero attached hydrogens (tertiary/aromatic N) is 4. The van der Waals surface area contributed by atoms with Gasteiger partial charge in [-0.2, -0.15) is 5.10 Å². The van der Waals surface area contributed by atoms with Crippen LogP contribution in [0.3, 0.4) is 0 Å². The quantitative estimate of drug-likeness (QED) is 0.224. The van der Waals surface area contributed by atoms with E-state index in [9.17, 15) is 0 Å². The van der Waals surface area contributed by atoms with Gasteiger partial charge in [0, 0.05) is 34.8 Å². The SMILES string of the molecule is Cc1cc(C)n(-c2cc(Oc3ccc4c5ccccc5n(-c5cc(C(C)C)ccn5)c4c3)cc(C(C)(C)C)c2)n1. The van der Waals surface area contributed by atoms with E-state index in [1.165, 1.54) is 21.9 Å². The molecule has 5 heteroatoms. The minimum atomic E-state index is -0.0479. The van der Waals surface area contributed by atoms with Crippen LogP contribution in [0.15, 0.2) is 85.1 Å². The average molecular weight is 529 g/mol. The molecular weight excluding hydrogens is 492 g/mol. The van der Waals surface area contributed by atoms with E-state index in [0.717, 1.165) is 45.4 Å². The predicted octanol–water partition coefficient (Wildman–Crippen LogP) is 9.19. The van der Waals surface area contributed by atoms with Crippen molar-refractivity contribution in [1.82, 2.24) is 19.3 Å². The lowest BCUT2D eigenvalue weighted by Gasteiger charge is -2.22. The second kappa shape index (κ2) is 9.67. The highest BCUT2D eigenvalue weighted by Crippen LogP contribution is 2.37. The molecule has 0 fully saturated rings. The summed E-state index contributed by atoms with van der Waals surface area (Å²) in [5.41, 5.74) is 7.69. The van der Waals surface area contributed by atoms with Crippen LogP contribution in [0.25, 0.3) is 33.3 Å². The first kappa shape index (κ1) is 25.9. The molecule has 0 spiro atoms. The molecule has 0 aliphatic heterocycles. The molecule has 0 N–H and O–H groups in total. The summed E-state index contributed by atoms with van der Waals surface area (Å²) >= 11 is 0. The van der Waals surface area contributed by atoms with E-state index in [1.807, 2.05) is 17.8 Å². The number of hydrogen-bond acceptors (Lipinski definition) is 3. The van der Waals surface area contributed by atoms with Gasteiger partial charge in [-0.05, 0) is 84.8 Å². The van der Waals surface area contributed by atoms with Gasteiger partial charge in [0.1, 0.15) is 17.3 Å². The minimum absolute atomic E-state index is 0.0479. The van der Waals surface area contributed by atoms with Crippen molar-refractivity contribution < 1.29 is 4.74 Å². The fourth-order valence-corrected chi connectivity index (χ4v) is 5.40. The molecule has 3 heterocycles. The molecular formula is C35H36N4O. The maximum absolute atomic E-state index is 6.61. The predicted molar refractivity (Wildman–Crippen MR) is 164 cm³/mol. The van der Waals surface area contributed by atoms with Crippen molar-refractivity contribution in [2.45, 2.75) is 59.8 Å². The van der Waals surface area contributed by atoms with Crippen LogP contribution >= 0.6 is 0 Å². The molecule has 0 saturated heterocycles. The molecule has 0 atom stereocenters. The van der Waals surface area contributed by atoms with Crippen molar-refractivity contribution in [3.63, 3.8) is 0 Å². The number of ether oxygens (including phenoxy) is 1. The molecule has 0 unspecified atom stereocenters. The summed E-state index contributed by atoms with van der Waals surface area (Å²) in [6.45, 7) is 15.2. The van der Waals surface area contributed by atoms with Crippen LogP contribution in [0.5, 0.6) is 11.5 Å². The lowest BCUT2D eigenvalue weighted by molar-refractivity contribution is 0.478. The van der Waals surface area contributed by atoms with Crippen molar-refractivity contribution in [3.05, 3.63) is 108 Å². The minimum Gasteiger partial charge on any atom is -0.457 e. The Morgan fingerprint density at radius 1 is 0.775 bits per heavy atom. The van der Waals surface area contributed by atoms with E-state index in [2.05, 4.69) is 125 Å². The van der Waals surface area contributed by atoms with Crippen LogP contribution in [-0.4, -0.2) is 19.3 Å². The van der Waals surface area contributed by atoms with Crippen molar-refractivity contribution in [2.24, 2.45) is 0 Å². The Labute approximate surface area is 236 Å². The number of fused-ring (bicyclic) bond motifs is 3. The Kier molecular flexibility index (Phi) is 6.25. The molecule has 0 radical (unpaired) electrons. The van der Waals surface area contributed by atoms with E-state index in [-0.39, 0.29) is 5.41 Å². The molecule has 202 valence electrons. The first-order chi connectivity index (χ1) is 19.1. The van der Waals surface area contributed by atoms with Gasteiger partial charge in [-0.1, -0.05) is 52.8 Å². The van der Waals surface area contributed by atoms with Crippen molar-refractivity contribution in [2.75, 3.05) is 0 Å². The zero-order valence-electron chi connectivity index (χ0n) is 24.4. The van der Waals surface area contributed by atoms with Gasteiger partial charge in [0.15, 0.2) is 0 Å². The topological polar surface area (TPSA) is 44.9 Å². The first-order valence-electron chi connectivity index (χ1n) is 13.9. The van der Waals surface area contributed by atoms with Crippen LogP contribution in [0, 0.1) is 13.8 Å². The van der Waals surface area contributed by atoms with Gasteiger partial charge in [0.2, 0.25) is 0 Å². The van der Waals surface area contributed by atoms with E-state index < -0.39 is 0 Å². The molecule has 6 rings (SSSR count). The number of aromatic nitrogens is 4. The number of aryl methyl sites for hydroxylation is 2. The standard InChI is InChI=1S/C35H36N4O/c1-22(2)25-14-15-36-34(17-25)38-32-11-9-8-10-30(32)31-13-12-28(21-33(31)38)40-29-19-26(35(5,6)7)18-27(20-29)39-24(4)16-23(3)37-39/h8-22H,1-7H3. The largest absolute Gasteiger partial charge is 0.457 e. The summed E-state index contributed by atoms with van der Waals surface area (Å²) in [7, 11) is 0. The summed E-state index contributed by atoms with van der Waals surface area (Å²) in [5.74, 6) is 2.90. The number of pyridine rings is 1. The third-order valence-electron chi connectivity index (χ3n) is 7.56. The third-order valence-corrected chi connectivity index (χ3v) is 7.56. The lowest BCUT2D eigenvalue weighted by atomic mass is 9.86. The number of hydrogen-bond donors (Lipinski definition) is 0. The normalized spacial score (nSPS) is 12.1. The highest BCUT2D eigenvalue weighted by Gasteiger charge is 2.19. The molecule has 40 heavy (non-hydrogen) atoms. The summed E-state index contributed by atoms with van der Waals surface area (Å²) in [4.78, 5) is 4.78. The van der Waals surface area contributed by atoms with Crippen LogP contribution in [0.4, 0.5) is 0 Å². The molecule has 3 aromatic carbocycles. The zero-order valence-corrected chi connectivity index (χ0v) is 24.4. The summed E-state index contributed by atoms with van der Waals surface area (Å²) in [6.07, 6.45) is 1.91. The highest BCUT2D eigenvalue weighted by molar-refractivity contribution is 6.09. The van der Waals surface area contributed by atoms with Crippen molar-refractivity contribution >= 4 is 21.8 Å². The maximum atomic E-state index is 6.61. The highest BCUT2D eigenvalue weighted by atomic mass is 16.5. The number of benzene rings is 3. The zero-order chi connectivity index (χ0) is 28.2. The van der Waals surface area contributed by atoms with Gasteiger partial charge in [-0.25, -0.2) is 9.67 Å². The van der Waals surface area contributed by atoms with Crippen LogP contribution < -0.4 is 4.74 Å². The van der Waals surface area contributed by atoms with Gasteiger partial charge >= 0.3 is 0 Å². The van der Waals surface area contributed by atoms with E-state index in [4.69, 9.17) is 14.8 Å². The Bertz CT molecular complexity index is 1870. The maximum Gasteiger partial charge on any atom is 0.137 e. The van der Waals surface area contributed by atoms with Crippen LogP contribution in [-0.2, 0) is 5.41 Å². The first-order valence-corrected chi connectivity index (χ1v) is 13.9. The fourth-order valence-electron chi connectivity index (χ4n) is 5.40. The van der Waals surface area contributed by atoms with Crippen LogP contribution in [0.1, 0.15) is 63.1 Å². The van der Waals surface area contributed by atoms with Crippen molar-refractivity contribution in [3.8, 4) is 23.0 Å². The van der Waals surface area contributed by atoms with Crippen molar-refractivity contribution in [1.29, 1.82) is 0 Å². The third kappa shape index (κ3) is 4.66. The summed E-state index contributed by atoms with van der Waals surface area (Å²) in [5, 5.41) is 7.10. The van der Waals surface area contributed by atoms with Gasteiger partial charge in [0.05, 0.1) is 22.4 Å². The molecule has 5 nitrogen and oxygen atoms in total. The van der Waals surface area contributed by atoms with E-state index in [0.29, 0.717) is 5.92 Å². The van der Waals surface area contributed by atoms with Crippen LogP contribution in [0.2, 0.25) is 0 Å². The Morgan fingerprint density at radius 2 is 1.55 bits per heavy atom. The van der Waals surface area contributed by atoms with Gasteiger partial charge < -0.3 is 4.74 Å². The molecule has 0 bridgehead atoms. The molecule has 3 aromatic heterocycles. The number of rotatable bonds is 5. The molecule has 0 aliphatic carbocycles. The summed E-state index contributed by atoms with van der Waals surface area (Å²) in [6, 6.07) is 27.7. The van der Waals surface area contributed by atoms with Gasteiger partial charge in [-0.3, -0.25) is 4.57 Å². The molecule has 0 amide bonds. The van der Waals surface area contributed by atoms with Gasteiger partial charge in [0.25, 0.3) is 0 Å². The monoisotopic (exact) mass is 528 g/mol. The average Bonchev–Trinajstić information content (AvgIpc) is 3.43. The van der Waals surface area contributed by atoms with E-state index in [1.54, 1.807) is 0 Å². The Hall–Kier alpha value is -4.38. The molecule has 6 aromatic rings. The molecule has 0 saturated carbocycles. The second-order valence-corrected chi connectivity index (χ2v) is 12.0. The Balaban J connectivity index is 1.50. The molecule has 0 aliphatic rings. The fraction of sp³-hybridized carbons (Fsp3) is 0.257. The number of para-hydroxylation sites is 1. The van der Waals surface area contributed by atoms with E-state index >= 15 is 0 Å². The van der Waals surface area contributed by atoms with Gasteiger partial charge in [-0.15, -0.1) is 0 Å². The second-order valence-electron chi connectivity index (χ2n) is 12.0. The Morgan fingerprint density at radius 3 is 2.27 bits per heavy atom. The smallest absolute Gasteiger partial charge is 0.137 e. The summed E-state index contributed by atoms with van der Waals surface area (Å²) < 4.78 is 10.8. The lowest BCUT2D eigenvalue weighted by Crippen LogP contribution is -2.12.